The highest BCUT2D eigenvalue weighted by Crippen LogP contribution is 2.24. The van der Waals surface area contributed by atoms with Gasteiger partial charge >= 0.3 is 0 Å². The Morgan fingerprint density at radius 3 is 2.81 bits per heavy atom. The number of carbonyl (C=O) groups excluding carboxylic acids is 1. The SMILES string of the molecule is Nc1ccc(F)c(NC(=O)CCOc2ccccc2Br)c1. The molecule has 2 aromatic carbocycles. The molecule has 3 N–H and O–H groups in total. The van der Waals surface area contributed by atoms with Crippen molar-refractivity contribution in [3.8, 4) is 5.75 Å². The fourth-order valence-corrected chi connectivity index (χ4v) is 2.07. The lowest BCUT2D eigenvalue weighted by molar-refractivity contribution is -0.116. The molecule has 0 spiro atoms. The first-order chi connectivity index (χ1) is 10.1. The molecule has 0 aliphatic rings. The van der Waals surface area contributed by atoms with E-state index in [2.05, 4.69) is 21.2 Å². The van der Waals surface area contributed by atoms with Gasteiger partial charge in [0.2, 0.25) is 5.91 Å². The van der Waals surface area contributed by atoms with Crippen LogP contribution in [0, 0.1) is 5.82 Å². The van der Waals surface area contributed by atoms with Crippen LogP contribution in [0.25, 0.3) is 0 Å². The number of hydrogen-bond acceptors (Lipinski definition) is 3. The summed E-state index contributed by atoms with van der Waals surface area (Å²) >= 11 is 3.35. The van der Waals surface area contributed by atoms with Crippen molar-refractivity contribution < 1.29 is 13.9 Å². The van der Waals surface area contributed by atoms with Gasteiger partial charge in [0.15, 0.2) is 0 Å². The van der Waals surface area contributed by atoms with Crippen LogP contribution in [0.4, 0.5) is 15.8 Å². The summed E-state index contributed by atoms with van der Waals surface area (Å²) in [5, 5.41) is 2.47. The van der Waals surface area contributed by atoms with Gasteiger partial charge in [0.1, 0.15) is 11.6 Å². The molecule has 2 aromatic rings. The summed E-state index contributed by atoms with van der Waals surface area (Å²) < 4.78 is 19.7. The van der Waals surface area contributed by atoms with Gasteiger partial charge in [-0.15, -0.1) is 0 Å². The van der Waals surface area contributed by atoms with E-state index in [1.807, 2.05) is 18.2 Å². The van der Waals surface area contributed by atoms with E-state index < -0.39 is 5.82 Å². The number of nitrogens with one attached hydrogen (secondary N) is 1. The first kappa shape index (κ1) is 15.3. The van der Waals surface area contributed by atoms with E-state index in [0.29, 0.717) is 11.4 Å². The minimum Gasteiger partial charge on any atom is -0.492 e. The molecule has 0 fully saturated rings. The van der Waals surface area contributed by atoms with Crippen molar-refractivity contribution >= 4 is 33.2 Å². The summed E-state index contributed by atoms with van der Waals surface area (Å²) in [5.74, 6) is -0.212. The first-order valence-electron chi connectivity index (χ1n) is 6.28. The highest BCUT2D eigenvalue weighted by molar-refractivity contribution is 9.10. The second kappa shape index (κ2) is 7.08. The maximum atomic E-state index is 13.5. The van der Waals surface area contributed by atoms with E-state index in [4.69, 9.17) is 10.5 Å². The molecule has 6 heteroatoms. The van der Waals surface area contributed by atoms with Gasteiger partial charge < -0.3 is 15.8 Å². The van der Waals surface area contributed by atoms with E-state index >= 15 is 0 Å². The number of rotatable bonds is 5. The Morgan fingerprint density at radius 2 is 2.05 bits per heavy atom. The van der Waals surface area contributed by atoms with Crippen LogP contribution < -0.4 is 15.8 Å². The second-order valence-electron chi connectivity index (χ2n) is 4.32. The number of nitrogen functional groups attached to an aromatic ring is 1. The number of benzene rings is 2. The van der Waals surface area contributed by atoms with Crippen molar-refractivity contribution in [1.82, 2.24) is 0 Å². The Kier molecular flexibility index (Phi) is 5.16. The normalized spacial score (nSPS) is 10.2. The third-order valence-electron chi connectivity index (χ3n) is 2.69. The Bertz CT molecular complexity index is 649. The van der Waals surface area contributed by atoms with Crippen LogP contribution in [0.1, 0.15) is 6.42 Å². The third-order valence-corrected chi connectivity index (χ3v) is 3.34. The Labute approximate surface area is 130 Å². The molecule has 0 aliphatic heterocycles. The molecular formula is C15H14BrFN2O2. The van der Waals surface area contributed by atoms with Crippen molar-refractivity contribution in [2.75, 3.05) is 17.7 Å². The molecule has 0 radical (unpaired) electrons. The van der Waals surface area contributed by atoms with E-state index in [-0.39, 0.29) is 24.6 Å². The minimum absolute atomic E-state index is 0.0703. The lowest BCUT2D eigenvalue weighted by atomic mass is 10.2. The smallest absolute Gasteiger partial charge is 0.227 e. The van der Waals surface area contributed by atoms with Crippen LogP contribution in [-0.2, 0) is 4.79 Å². The molecule has 0 heterocycles. The average Bonchev–Trinajstić information content (AvgIpc) is 2.45. The van der Waals surface area contributed by atoms with Gasteiger partial charge in [-0.3, -0.25) is 4.79 Å². The van der Waals surface area contributed by atoms with Gasteiger partial charge in [-0.05, 0) is 46.3 Å². The van der Waals surface area contributed by atoms with Crippen LogP contribution in [-0.4, -0.2) is 12.5 Å². The summed E-state index contributed by atoms with van der Waals surface area (Å²) in [6.07, 6.45) is 0.107. The molecular weight excluding hydrogens is 339 g/mol. The molecule has 0 saturated carbocycles. The summed E-state index contributed by atoms with van der Waals surface area (Å²) in [4.78, 5) is 11.7. The maximum Gasteiger partial charge on any atom is 0.227 e. The van der Waals surface area contributed by atoms with Gasteiger partial charge in [0.25, 0.3) is 0 Å². The number of ether oxygens (including phenoxy) is 1. The van der Waals surface area contributed by atoms with Crippen LogP contribution in [0.3, 0.4) is 0 Å². The molecule has 0 atom stereocenters. The number of nitrogens with two attached hydrogens (primary N) is 1. The van der Waals surface area contributed by atoms with Crippen molar-refractivity contribution in [3.05, 3.63) is 52.8 Å². The molecule has 1 amide bonds. The molecule has 0 aromatic heterocycles. The van der Waals surface area contributed by atoms with Crippen LogP contribution in [0.2, 0.25) is 0 Å². The zero-order valence-corrected chi connectivity index (χ0v) is 12.7. The Hall–Kier alpha value is -2.08. The lowest BCUT2D eigenvalue weighted by Gasteiger charge is -2.09. The molecule has 110 valence electrons. The summed E-state index contributed by atoms with van der Waals surface area (Å²) in [6, 6.07) is 11.4. The van der Waals surface area contributed by atoms with Crippen molar-refractivity contribution in [3.63, 3.8) is 0 Å². The molecule has 0 aliphatic carbocycles. The number of carbonyl (C=O) groups is 1. The van der Waals surface area contributed by atoms with Crippen molar-refractivity contribution in [2.45, 2.75) is 6.42 Å². The lowest BCUT2D eigenvalue weighted by Crippen LogP contribution is -2.16. The highest BCUT2D eigenvalue weighted by atomic mass is 79.9. The maximum absolute atomic E-state index is 13.5. The van der Waals surface area contributed by atoms with Crippen LogP contribution >= 0.6 is 15.9 Å². The zero-order valence-electron chi connectivity index (χ0n) is 11.1. The van der Waals surface area contributed by atoms with Crippen LogP contribution in [0.5, 0.6) is 5.75 Å². The largest absolute Gasteiger partial charge is 0.492 e. The summed E-state index contributed by atoms with van der Waals surface area (Å²) in [5.41, 5.74) is 6.00. The van der Waals surface area contributed by atoms with Crippen molar-refractivity contribution in [2.24, 2.45) is 0 Å². The van der Waals surface area contributed by atoms with Gasteiger partial charge in [0.05, 0.1) is 23.2 Å². The standard InChI is InChI=1S/C15H14BrFN2O2/c16-11-3-1-2-4-14(11)21-8-7-15(20)19-13-9-10(18)5-6-12(13)17/h1-6,9H,7-8,18H2,(H,19,20). The number of amides is 1. The van der Waals surface area contributed by atoms with E-state index in [1.54, 1.807) is 6.07 Å². The van der Waals surface area contributed by atoms with Gasteiger partial charge in [-0.2, -0.15) is 0 Å². The molecule has 0 saturated heterocycles. The highest BCUT2D eigenvalue weighted by Gasteiger charge is 2.08. The topological polar surface area (TPSA) is 64.3 Å². The zero-order chi connectivity index (χ0) is 15.2. The average molecular weight is 353 g/mol. The quantitative estimate of drug-likeness (QED) is 0.808. The van der Waals surface area contributed by atoms with E-state index in [0.717, 1.165) is 4.47 Å². The first-order valence-corrected chi connectivity index (χ1v) is 7.08. The van der Waals surface area contributed by atoms with Gasteiger partial charge in [-0.25, -0.2) is 4.39 Å². The number of para-hydroxylation sites is 1. The fourth-order valence-electron chi connectivity index (χ4n) is 1.67. The Balaban J connectivity index is 1.85. The monoisotopic (exact) mass is 352 g/mol. The molecule has 0 bridgehead atoms. The predicted octanol–water partition coefficient (Wildman–Crippen LogP) is 3.58. The van der Waals surface area contributed by atoms with E-state index in [9.17, 15) is 9.18 Å². The fraction of sp³-hybridized carbons (Fsp3) is 0.133. The molecule has 0 unspecified atom stereocenters. The van der Waals surface area contributed by atoms with Crippen LogP contribution in [0.15, 0.2) is 46.9 Å². The number of anilines is 2. The summed E-state index contributed by atoms with van der Waals surface area (Å²) in [7, 11) is 0. The molecule has 21 heavy (non-hydrogen) atoms. The Morgan fingerprint density at radius 1 is 1.29 bits per heavy atom. The number of halogens is 2. The predicted molar refractivity (Wildman–Crippen MR) is 83.7 cm³/mol. The van der Waals surface area contributed by atoms with Gasteiger partial charge in [0, 0.05) is 5.69 Å². The molecule has 4 nitrogen and oxygen atoms in total. The minimum atomic E-state index is -0.524. The van der Waals surface area contributed by atoms with Crippen molar-refractivity contribution in [1.29, 1.82) is 0 Å². The number of hydrogen-bond donors (Lipinski definition) is 2. The van der Waals surface area contributed by atoms with E-state index in [1.165, 1.54) is 18.2 Å². The molecule has 2 rings (SSSR count). The van der Waals surface area contributed by atoms with Gasteiger partial charge in [-0.1, -0.05) is 12.1 Å². The third kappa shape index (κ3) is 4.46. The second-order valence-corrected chi connectivity index (χ2v) is 5.17. The summed E-state index contributed by atoms with van der Waals surface area (Å²) in [6.45, 7) is 0.193.